The van der Waals surface area contributed by atoms with Crippen molar-refractivity contribution in [1.29, 1.82) is 0 Å². The number of pyridine rings is 1. The maximum absolute atomic E-state index is 9.77. The minimum atomic E-state index is 0.203. The van der Waals surface area contributed by atoms with Gasteiger partial charge in [-0.2, -0.15) is 5.10 Å². The van der Waals surface area contributed by atoms with E-state index in [0.29, 0.717) is 22.9 Å². The standard InChI is InChI=1S/C21H19N3O4/c1-26-17-9-13(10-18(27-2)20(17)28-3)19-16-8-14(11-22-21(16)24-23-19)12-5-4-6-15(25)7-12/h4-11,25H,1-3H3,(H,22,23,24). The van der Waals surface area contributed by atoms with Crippen LogP contribution in [0.1, 0.15) is 0 Å². The van der Waals surface area contributed by atoms with E-state index in [-0.39, 0.29) is 5.75 Å². The summed E-state index contributed by atoms with van der Waals surface area (Å²) >= 11 is 0. The van der Waals surface area contributed by atoms with E-state index < -0.39 is 0 Å². The summed E-state index contributed by atoms with van der Waals surface area (Å²) in [6, 6.07) is 12.7. The first-order chi connectivity index (χ1) is 13.6. The summed E-state index contributed by atoms with van der Waals surface area (Å²) in [6.45, 7) is 0. The fourth-order valence-electron chi connectivity index (χ4n) is 3.19. The summed E-state index contributed by atoms with van der Waals surface area (Å²) in [6.07, 6.45) is 1.73. The highest BCUT2D eigenvalue weighted by atomic mass is 16.5. The fourth-order valence-corrected chi connectivity index (χ4v) is 3.19. The zero-order valence-electron chi connectivity index (χ0n) is 15.7. The van der Waals surface area contributed by atoms with Crippen molar-refractivity contribution < 1.29 is 19.3 Å². The minimum absolute atomic E-state index is 0.203. The van der Waals surface area contributed by atoms with Gasteiger partial charge < -0.3 is 19.3 Å². The van der Waals surface area contributed by atoms with E-state index in [0.717, 1.165) is 27.8 Å². The zero-order valence-corrected chi connectivity index (χ0v) is 15.7. The molecule has 0 aliphatic rings. The molecular formula is C21H19N3O4. The molecule has 0 aliphatic carbocycles. The van der Waals surface area contributed by atoms with Gasteiger partial charge in [0.1, 0.15) is 5.75 Å². The van der Waals surface area contributed by atoms with Crippen molar-refractivity contribution in [2.45, 2.75) is 0 Å². The first-order valence-electron chi connectivity index (χ1n) is 8.58. The first-order valence-corrected chi connectivity index (χ1v) is 8.58. The number of nitrogens with one attached hydrogen (secondary N) is 1. The number of ether oxygens (including phenoxy) is 3. The van der Waals surface area contributed by atoms with Gasteiger partial charge in [-0.25, -0.2) is 4.98 Å². The number of rotatable bonds is 5. The molecule has 0 spiro atoms. The second kappa shape index (κ2) is 7.11. The number of hydrogen-bond acceptors (Lipinski definition) is 6. The number of aromatic nitrogens is 3. The molecule has 0 amide bonds. The SMILES string of the molecule is COc1cc(-c2[nH]nc3ncc(-c4cccc(O)c4)cc23)cc(OC)c1OC. The van der Waals surface area contributed by atoms with Gasteiger partial charge in [-0.3, -0.25) is 5.10 Å². The lowest BCUT2D eigenvalue weighted by molar-refractivity contribution is 0.324. The lowest BCUT2D eigenvalue weighted by Crippen LogP contribution is -1.96. The van der Waals surface area contributed by atoms with Gasteiger partial charge in [0.2, 0.25) is 5.75 Å². The molecule has 4 aromatic rings. The number of hydrogen-bond donors (Lipinski definition) is 2. The Morgan fingerprint density at radius 3 is 2.25 bits per heavy atom. The van der Waals surface area contributed by atoms with Crippen LogP contribution in [0.3, 0.4) is 0 Å². The van der Waals surface area contributed by atoms with Gasteiger partial charge in [0.05, 0.1) is 27.0 Å². The van der Waals surface area contributed by atoms with Crippen molar-refractivity contribution in [3.05, 3.63) is 48.7 Å². The molecule has 0 radical (unpaired) electrons. The molecule has 7 heteroatoms. The number of aromatic amines is 1. The van der Waals surface area contributed by atoms with Crippen LogP contribution in [0.25, 0.3) is 33.4 Å². The van der Waals surface area contributed by atoms with E-state index in [1.807, 2.05) is 24.3 Å². The van der Waals surface area contributed by atoms with E-state index in [2.05, 4.69) is 15.2 Å². The largest absolute Gasteiger partial charge is 0.508 e. The lowest BCUT2D eigenvalue weighted by atomic mass is 10.0. The number of nitrogens with zero attached hydrogens (tertiary/aromatic N) is 2. The van der Waals surface area contributed by atoms with Crippen LogP contribution in [0.15, 0.2) is 48.7 Å². The van der Waals surface area contributed by atoms with Crippen molar-refractivity contribution >= 4 is 11.0 Å². The Bertz CT molecular complexity index is 1130. The quantitative estimate of drug-likeness (QED) is 0.546. The number of fused-ring (bicyclic) bond motifs is 1. The lowest BCUT2D eigenvalue weighted by Gasteiger charge is -2.13. The number of phenols is 1. The third-order valence-electron chi connectivity index (χ3n) is 4.54. The van der Waals surface area contributed by atoms with Crippen molar-refractivity contribution in [3.8, 4) is 45.4 Å². The topological polar surface area (TPSA) is 89.5 Å². The van der Waals surface area contributed by atoms with Gasteiger partial charge in [0.25, 0.3) is 0 Å². The molecule has 7 nitrogen and oxygen atoms in total. The third-order valence-corrected chi connectivity index (χ3v) is 4.54. The van der Waals surface area contributed by atoms with Crippen molar-refractivity contribution in [3.63, 3.8) is 0 Å². The number of aromatic hydroxyl groups is 1. The van der Waals surface area contributed by atoms with Crippen LogP contribution in [-0.2, 0) is 0 Å². The summed E-state index contributed by atoms with van der Waals surface area (Å²) in [5.41, 5.74) is 3.94. The highest BCUT2D eigenvalue weighted by molar-refractivity contribution is 5.94. The number of phenolic OH excluding ortho intramolecular Hbond substituents is 1. The highest BCUT2D eigenvalue weighted by Crippen LogP contribution is 2.42. The number of benzene rings is 2. The second-order valence-corrected chi connectivity index (χ2v) is 6.16. The molecular weight excluding hydrogens is 358 g/mol. The van der Waals surface area contributed by atoms with Gasteiger partial charge in [0.15, 0.2) is 17.1 Å². The predicted octanol–water partition coefficient (Wildman–Crippen LogP) is 4.02. The van der Waals surface area contributed by atoms with Gasteiger partial charge in [-0.15, -0.1) is 0 Å². The average Bonchev–Trinajstić information content (AvgIpc) is 3.15. The van der Waals surface area contributed by atoms with Crippen LogP contribution >= 0.6 is 0 Å². The molecule has 0 aliphatic heterocycles. The minimum Gasteiger partial charge on any atom is -0.508 e. The Kier molecular flexibility index (Phi) is 4.49. The van der Waals surface area contributed by atoms with Crippen molar-refractivity contribution in [1.82, 2.24) is 15.2 Å². The van der Waals surface area contributed by atoms with Gasteiger partial charge in [-0.1, -0.05) is 12.1 Å². The van der Waals surface area contributed by atoms with E-state index in [1.54, 1.807) is 45.7 Å². The number of methoxy groups -OCH3 is 3. The molecule has 0 saturated carbocycles. The molecule has 0 fully saturated rings. The molecule has 2 N–H and O–H groups in total. The van der Waals surface area contributed by atoms with Crippen LogP contribution in [0.4, 0.5) is 0 Å². The van der Waals surface area contributed by atoms with Crippen molar-refractivity contribution in [2.24, 2.45) is 0 Å². The van der Waals surface area contributed by atoms with E-state index in [4.69, 9.17) is 14.2 Å². The molecule has 4 rings (SSSR count). The zero-order chi connectivity index (χ0) is 19.7. The van der Waals surface area contributed by atoms with Gasteiger partial charge >= 0.3 is 0 Å². The summed E-state index contributed by atoms with van der Waals surface area (Å²) in [5, 5.41) is 18.0. The normalized spacial score (nSPS) is 10.8. The van der Waals surface area contributed by atoms with Crippen LogP contribution < -0.4 is 14.2 Å². The molecule has 2 aromatic carbocycles. The number of H-pyrrole nitrogens is 1. The van der Waals surface area contributed by atoms with E-state index in [9.17, 15) is 5.11 Å². The van der Waals surface area contributed by atoms with Gasteiger partial charge in [-0.05, 0) is 35.9 Å². The maximum Gasteiger partial charge on any atom is 0.203 e. The van der Waals surface area contributed by atoms with E-state index in [1.165, 1.54) is 0 Å². The molecule has 142 valence electrons. The monoisotopic (exact) mass is 377 g/mol. The van der Waals surface area contributed by atoms with E-state index >= 15 is 0 Å². The third kappa shape index (κ3) is 2.96. The maximum atomic E-state index is 9.77. The van der Waals surface area contributed by atoms with Crippen molar-refractivity contribution in [2.75, 3.05) is 21.3 Å². The van der Waals surface area contributed by atoms with Crippen LogP contribution in [0.5, 0.6) is 23.0 Å². The summed E-state index contributed by atoms with van der Waals surface area (Å²) in [7, 11) is 4.72. The molecule has 2 aromatic heterocycles. The molecule has 0 unspecified atom stereocenters. The van der Waals surface area contributed by atoms with Crippen LogP contribution in [-0.4, -0.2) is 41.6 Å². The Balaban J connectivity index is 1.89. The van der Waals surface area contributed by atoms with Crippen LogP contribution in [0, 0.1) is 0 Å². The highest BCUT2D eigenvalue weighted by Gasteiger charge is 2.17. The average molecular weight is 377 g/mol. The van der Waals surface area contributed by atoms with Gasteiger partial charge in [0, 0.05) is 22.7 Å². The molecule has 28 heavy (non-hydrogen) atoms. The molecule has 0 bridgehead atoms. The summed E-state index contributed by atoms with van der Waals surface area (Å²) in [4.78, 5) is 4.44. The van der Waals surface area contributed by atoms with Crippen LogP contribution in [0.2, 0.25) is 0 Å². The summed E-state index contributed by atoms with van der Waals surface area (Å²) < 4.78 is 16.3. The fraction of sp³-hybridized carbons (Fsp3) is 0.143. The summed E-state index contributed by atoms with van der Waals surface area (Å²) in [5.74, 6) is 1.83. The Morgan fingerprint density at radius 2 is 1.61 bits per heavy atom. The second-order valence-electron chi connectivity index (χ2n) is 6.16. The Labute approximate surface area is 161 Å². The Hall–Kier alpha value is -3.74. The Morgan fingerprint density at radius 1 is 0.857 bits per heavy atom. The molecule has 0 saturated heterocycles. The molecule has 0 atom stereocenters. The smallest absolute Gasteiger partial charge is 0.203 e. The first kappa shape index (κ1) is 17.7. The predicted molar refractivity (Wildman–Crippen MR) is 106 cm³/mol. The molecule has 2 heterocycles.